The van der Waals surface area contributed by atoms with Gasteiger partial charge in [0.2, 0.25) is 5.13 Å². The highest BCUT2D eigenvalue weighted by Crippen LogP contribution is 2.24. The molecule has 0 unspecified atom stereocenters. The summed E-state index contributed by atoms with van der Waals surface area (Å²) in [6.45, 7) is 5.82. The van der Waals surface area contributed by atoms with E-state index in [4.69, 9.17) is 0 Å². The molecule has 0 aliphatic rings. The van der Waals surface area contributed by atoms with Gasteiger partial charge in [-0.05, 0) is 6.92 Å². The van der Waals surface area contributed by atoms with E-state index in [1.54, 1.807) is 13.0 Å². The number of rotatable bonds is 6. The number of anilines is 1. The van der Waals surface area contributed by atoms with Crippen LogP contribution in [-0.4, -0.2) is 28.3 Å². The summed E-state index contributed by atoms with van der Waals surface area (Å²) in [6.07, 6.45) is 1.75. The Bertz CT molecular complexity index is 324. The summed E-state index contributed by atoms with van der Waals surface area (Å²) < 4.78 is 0.812. The molecular formula is C8H11N3OS2. The summed E-state index contributed by atoms with van der Waals surface area (Å²) in [4.78, 5) is 10.7. The molecule has 1 heterocycles. The van der Waals surface area contributed by atoms with Crippen LogP contribution in [0, 0.1) is 0 Å². The van der Waals surface area contributed by atoms with Crippen LogP contribution in [0.1, 0.15) is 6.92 Å². The molecule has 0 fully saturated rings. The zero-order valence-electron chi connectivity index (χ0n) is 7.82. The van der Waals surface area contributed by atoms with Gasteiger partial charge in [-0.2, -0.15) is 0 Å². The Morgan fingerprint density at radius 3 is 3.14 bits per heavy atom. The molecule has 6 heteroatoms. The lowest BCUT2D eigenvalue weighted by Gasteiger charge is -1.92. The molecule has 0 radical (unpaired) electrons. The van der Waals surface area contributed by atoms with Gasteiger partial charge in [0.05, 0.1) is 5.75 Å². The maximum absolute atomic E-state index is 10.7. The molecule has 0 atom stereocenters. The molecule has 0 aliphatic heterocycles. The summed E-state index contributed by atoms with van der Waals surface area (Å²) in [5.41, 5.74) is 0. The van der Waals surface area contributed by atoms with Gasteiger partial charge in [0.25, 0.3) is 0 Å². The van der Waals surface area contributed by atoms with Crippen molar-refractivity contribution in [3.05, 3.63) is 12.7 Å². The van der Waals surface area contributed by atoms with Crippen LogP contribution < -0.4 is 5.32 Å². The van der Waals surface area contributed by atoms with Crippen molar-refractivity contribution in [3.63, 3.8) is 0 Å². The molecule has 0 aromatic carbocycles. The average molecular weight is 229 g/mol. The van der Waals surface area contributed by atoms with Crippen LogP contribution in [0.25, 0.3) is 0 Å². The third-order valence-electron chi connectivity index (χ3n) is 1.20. The molecule has 0 saturated carbocycles. The number of hydrogen-bond donors (Lipinski definition) is 1. The SMILES string of the molecule is C=CCNc1nnc(SCC(C)=O)s1. The number of thioether (sulfide) groups is 1. The number of carbonyl (C=O) groups excluding carboxylic acids is 1. The first-order valence-electron chi connectivity index (χ1n) is 4.03. The fraction of sp³-hybridized carbons (Fsp3) is 0.375. The number of nitrogens with one attached hydrogen (secondary N) is 1. The molecule has 1 N–H and O–H groups in total. The van der Waals surface area contributed by atoms with Crippen molar-refractivity contribution >= 4 is 34.0 Å². The van der Waals surface area contributed by atoms with Crippen LogP contribution in [0.5, 0.6) is 0 Å². The highest BCUT2D eigenvalue weighted by Gasteiger charge is 2.04. The molecule has 1 aromatic heterocycles. The fourth-order valence-corrected chi connectivity index (χ4v) is 2.22. The second-order valence-corrected chi connectivity index (χ2v) is 4.73. The van der Waals surface area contributed by atoms with Crippen molar-refractivity contribution in [2.75, 3.05) is 17.6 Å². The van der Waals surface area contributed by atoms with E-state index in [0.717, 1.165) is 9.47 Å². The van der Waals surface area contributed by atoms with Gasteiger partial charge in [-0.25, -0.2) is 0 Å². The third-order valence-corrected chi connectivity index (χ3v) is 3.36. The minimum absolute atomic E-state index is 0.144. The van der Waals surface area contributed by atoms with Crippen LogP contribution in [0.3, 0.4) is 0 Å². The fourth-order valence-electron chi connectivity index (χ4n) is 0.662. The van der Waals surface area contributed by atoms with E-state index >= 15 is 0 Å². The molecule has 4 nitrogen and oxygen atoms in total. The number of carbonyl (C=O) groups is 1. The summed E-state index contributed by atoms with van der Waals surface area (Å²) >= 11 is 2.86. The Labute approximate surface area is 90.8 Å². The van der Waals surface area contributed by atoms with Gasteiger partial charge in [0, 0.05) is 6.54 Å². The quantitative estimate of drug-likeness (QED) is 0.595. The van der Waals surface area contributed by atoms with E-state index in [-0.39, 0.29) is 5.78 Å². The highest BCUT2D eigenvalue weighted by molar-refractivity contribution is 8.01. The van der Waals surface area contributed by atoms with Gasteiger partial charge in [-0.15, -0.1) is 16.8 Å². The number of nitrogens with zero attached hydrogens (tertiary/aromatic N) is 2. The van der Waals surface area contributed by atoms with E-state index in [9.17, 15) is 4.79 Å². The summed E-state index contributed by atoms with van der Waals surface area (Å²) in [6, 6.07) is 0. The molecule has 1 aromatic rings. The third kappa shape index (κ3) is 3.89. The van der Waals surface area contributed by atoms with Crippen molar-refractivity contribution in [2.45, 2.75) is 11.3 Å². The highest BCUT2D eigenvalue weighted by atomic mass is 32.2. The molecule has 0 spiro atoms. The predicted octanol–water partition coefficient (Wildman–Crippen LogP) is 1.82. The van der Waals surface area contributed by atoms with Gasteiger partial charge in [-0.3, -0.25) is 4.79 Å². The Hall–Kier alpha value is -0.880. The molecule has 14 heavy (non-hydrogen) atoms. The standard InChI is InChI=1S/C8H11N3OS2/c1-3-4-9-7-10-11-8(14-7)13-5-6(2)12/h3H,1,4-5H2,2H3,(H,9,10). The number of hydrogen-bond acceptors (Lipinski definition) is 6. The second-order valence-electron chi connectivity index (χ2n) is 2.53. The first-order chi connectivity index (χ1) is 6.72. The minimum atomic E-state index is 0.144. The average Bonchev–Trinajstić information content (AvgIpc) is 2.59. The minimum Gasteiger partial charge on any atom is -0.357 e. The molecule has 0 bridgehead atoms. The predicted molar refractivity (Wildman–Crippen MR) is 60.0 cm³/mol. The van der Waals surface area contributed by atoms with Gasteiger partial charge in [0.15, 0.2) is 4.34 Å². The molecule has 1 rings (SSSR count). The van der Waals surface area contributed by atoms with E-state index in [1.165, 1.54) is 23.1 Å². The summed E-state index contributed by atoms with van der Waals surface area (Å²) in [7, 11) is 0. The van der Waals surface area contributed by atoms with Gasteiger partial charge in [-0.1, -0.05) is 29.2 Å². The van der Waals surface area contributed by atoms with Crippen LogP contribution in [0.2, 0.25) is 0 Å². The van der Waals surface area contributed by atoms with Crippen molar-refractivity contribution in [1.29, 1.82) is 0 Å². The van der Waals surface area contributed by atoms with E-state index in [2.05, 4.69) is 22.1 Å². The maximum Gasteiger partial charge on any atom is 0.206 e. The van der Waals surface area contributed by atoms with Gasteiger partial charge >= 0.3 is 0 Å². The first-order valence-corrected chi connectivity index (χ1v) is 5.83. The van der Waals surface area contributed by atoms with E-state index in [0.29, 0.717) is 12.3 Å². The smallest absolute Gasteiger partial charge is 0.206 e. The Morgan fingerprint density at radius 2 is 2.50 bits per heavy atom. The molecular weight excluding hydrogens is 218 g/mol. The summed E-state index contributed by atoms with van der Waals surface area (Å²) in [5.74, 6) is 0.599. The molecule has 76 valence electrons. The van der Waals surface area contributed by atoms with E-state index < -0.39 is 0 Å². The number of ketones is 1. The van der Waals surface area contributed by atoms with Crippen molar-refractivity contribution < 1.29 is 4.79 Å². The number of Topliss-reactive ketones (excluding diaryl/α,β-unsaturated/α-hetero) is 1. The second kappa shape index (κ2) is 5.77. The lowest BCUT2D eigenvalue weighted by Crippen LogP contribution is -1.96. The van der Waals surface area contributed by atoms with Crippen molar-refractivity contribution in [1.82, 2.24) is 10.2 Å². The Balaban J connectivity index is 2.42. The topological polar surface area (TPSA) is 54.9 Å². The number of aromatic nitrogens is 2. The van der Waals surface area contributed by atoms with Crippen LogP contribution >= 0.6 is 23.1 Å². The van der Waals surface area contributed by atoms with E-state index in [1.807, 2.05) is 0 Å². The first kappa shape index (κ1) is 11.2. The summed E-state index contributed by atoms with van der Waals surface area (Å²) in [5, 5.41) is 11.6. The monoisotopic (exact) mass is 229 g/mol. The molecule has 0 saturated heterocycles. The molecule has 0 aliphatic carbocycles. The van der Waals surface area contributed by atoms with Crippen LogP contribution in [0.4, 0.5) is 5.13 Å². The Kier molecular flexibility index (Phi) is 4.61. The van der Waals surface area contributed by atoms with Crippen molar-refractivity contribution in [2.24, 2.45) is 0 Å². The van der Waals surface area contributed by atoms with Crippen LogP contribution in [0.15, 0.2) is 17.0 Å². The maximum atomic E-state index is 10.7. The lowest BCUT2D eigenvalue weighted by atomic mass is 10.5. The zero-order chi connectivity index (χ0) is 10.4. The van der Waals surface area contributed by atoms with Gasteiger partial charge in [0.1, 0.15) is 5.78 Å². The lowest BCUT2D eigenvalue weighted by molar-refractivity contribution is -0.114. The van der Waals surface area contributed by atoms with Crippen LogP contribution in [-0.2, 0) is 4.79 Å². The van der Waals surface area contributed by atoms with Crippen molar-refractivity contribution in [3.8, 4) is 0 Å². The molecule has 0 amide bonds. The normalized spacial score (nSPS) is 9.79. The Morgan fingerprint density at radius 1 is 1.71 bits per heavy atom. The van der Waals surface area contributed by atoms with Gasteiger partial charge < -0.3 is 5.32 Å². The zero-order valence-corrected chi connectivity index (χ0v) is 9.45. The largest absolute Gasteiger partial charge is 0.357 e.